The highest BCUT2D eigenvalue weighted by atomic mass is 16.5. The first kappa shape index (κ1) is 21.1. The van der Waals surface area contributed by atoms with Crippen molar-refractivity contribution >= 4 is 16.8 Å². The van der Waals surface area contributed by atoms with Gasteiger partial charge < -0.3 is 15.5 Å². The second-order valence-corrected chi connectivity index (χ2v) is 8.28. The van der Waals surface area contributed by atoms with Crippen molar-refractivity contribution in [3.63, 3.8) is 0 Å². The van der Waals surface area contributed by atoms with Crippen LogP contribution in [0.2, 0.25) is 0 Å². The highest BCUT2D eigenvalue weighted by Gasteiger charge is 2.20. The maximum atomic E-state index is 13.7. The van der Waals surface area contributed by atoms with Gasteiger partial charge in [-0.25, -0.2) is 4.98 Å². The molecule has 4 aromatic rings. The number of carbonyl (C=O) groups is 1. The summed E-state index contributed by atoms with van der Waals surface area (Å²) in [7, 11) is 0. The molecule has 1 saturated heterocycles. The van der Waals surface area contributed by atoms with Crippen molar-refractivity contribution in [1.82, 2.24) is 19.4 Å². The van der Waals surface area contributed by atoms with Crippen LogP contribution in [0.15, 0.2) is 59.9 Å². The van der Waals surface area contributed by atoms with Crippen molar-refractivity contribution in [2.24, 2.45) is 5.73 Å². The molecule has 0 saturated carbocycles. The van der Waals surface area contributed by atoms with Crippen LogP contribution in [0, 0.1) is 6.92 Å². The van der Waals surface area contributed by atoms with Crippen molar-refractivity contribution in [1.29, 1.82) is 0 Å². The van der Waals surface area contributed by atoms with Gasteiger partial charge in [-0.15, -0.1) is 0 Å². The highest BCUT2D eigenvalue weighted by molar-refractivity contribution is 6.02. The average Bonchev–Trinajstić information content (AvgIpc) is 3.35. The molecular weight excluding hydrogens is 418 g/mol. The third-order valence-corrected chi connectivity index (χ3v) is 6.11. The third kappa shape index (κ3) is 3.94. The van der Waals surface area contributed by atoms with Crippen LogP contribution in [-0.4, -0.2) is 51.6 Å². The number of amides is 1. The Morgan fingerprint density at radius 2 is 2.00 bits per heavy atom. The number of carbonyl (C=O) groups excluding carboxylic acids is 1. The third-order valence-electron chi connectivity index (χ3n) is 6.11. The number of nitrogens with two attached hydrogens (primary N) is 1. The van der Waals surface area contributed by atoms with Gasteiger partial charge in [-0.3, -0.25) is 19.1 Å². The lowest BCUT2D eigenvalue weighted by Crippen LogP contribution is -2.35. The van der Waals surface area contributed by atoms with Gasteiger partial charge in [-0.05, 0) is 42.3 Å². The van der Waals surface area contributed by atoms with Crippen molar-refractivity contribution < 1.29 is 9.53 Å². The molecule has 0 atom stereocenters. The number of hydrogen-bond acceptors (Lipinski definition) is 5. The maximum Gasteiger partial charge on any atom is 0.265 e. The van der Waals surface area contributed by atoms with E-state index in [9.17, 15) is 9.59 Å². The summed E-state index contributed by atoms with van der Waals surface area (Å²) >= 11 is 0. The van der Waals surface area contributed by atoms with Crippen LogP contribution in [0.1, 0.15) is 21.5 Å². The molecule has 5 rings (SSSR count). The smallest absolute Gasteiger partial charge is 0.265 e. The minimum absolute atomic E-state index is 0.190. The molecule has 1 fully saturated rings. The van der Waals surface area contributed by atoms with Crippen LogP contribution < -0.4 is 11.3 Å². The lowest BCUT2D eigenvalue weighted by molar-refractivity contribution is 0.0342. The van der Waals surface area contributed by atoms with E-state index in [0.29, 0.717) is 27.7 Å². The number of ether oxygens (including phenoxy) is 1. The fraction of sp³-hybridized carbons (Fsp3) is 0.240. The van der Waals surface area contributed by atoms with E-state index in [2.05, 4.69) is 14.9 Å². The molecule has 8 heteroatoms. The van der Waals surface area contributed by atoms with E-state index in [1.165, 1.54) is 10.9 Å². The summed E-state index contributed by atoms with van der Waals surface area (Å²) in [5.41, 5.74) is 10.4. The summed E-state index contributed by atoms with van der Waals surface area (Å²) in [6.45, 7) is 5.84. The highest BCUT2D eigenvalue weighted by Crippen LogP contribution is 2.32. The van der Waals surface area contributed by atoms with Gasteiger partial charge in [0.1, 0.15) is 6.33 Å². The van der Waals surface area contributed by atoms with E-state index in [1.807, 2.05) is 31.2 Å². The molecular formula is C25H25N5O3. The first-order valence-corrected chi connectivity index (χ1v) is 10.9. The number of H-pyrrole nitrogens is 1. The van der Waals surface area contributed by atoms with Gasteiger partial charge in [-0.2, -0.15) is 0 Å². The van der Waals surface area contributed by atoms with Gasteiger partial charge in [0, 0.05) is 48.7 Å². The number of morpholine rings is 1. The van der Waals surface area contributed by atoms with Gasteiger partial charge in [0.25, 0.3) is 5.56 Å². The second kappa shape index (κ2) is 8.65. The van der Waals surface area contributed by atoms with E-state index < -0.39 is 5.91 Å². The van der Waals surface area contributed by atoms with E-state index in [4.69, 9.17) is 10.5 Å². The summed E-state index contributed by atoms with van der Waals surface area (Å²) in [5.74, 6) is -0.554. The van der Waals surface area contributed by atoms with Crippen molar-refractivity contribution in [3.05, 3.63) is 82.2 Å². The number of rotatable bonds is 5. The number of hydrogen-bond donors (Lipinski definition) is 2. The first-order chi connectivity index (χ1) is 16.0. The Balaban J connectivity index is 1.67. The molecule has 0 aliphatic carbocycles. The zero-order valence-electron chi connectivity index (χ0n) is 18.4. The van der Waals surface area contributed by atoms with Crippen LogP contribution in [0.4, 0.5) is 0 Å². The maximum absolute atomic E-state index is 13.7. The molecule has 2 aromatic carbocycles. The first-order valence-electron chi connectivity index (χ1n) is 10.9. The molecule has 0 radical (unpaired) electrons. The Morgan fingerprint density at radius 1 is 1.18 bits per heavy atom. The number of aromatic nitrogens is 3. The minimum Gasteiger partial charge on any atom is -0.379 e. The predicted octanol–water partition coefficient (Wildman–Crippen LogP) is 2.62. The van der Waals surface area contributed by atoms with Crippen LogP contribution >= 0.6 is 0 Å². The van der Waals surface area contributed by atoms with Crippen molar-refractivity contribution in [2.45, 2.75) is 13.5 Å². The average molecular weight is 444 g/mol. The number of benzene rings is 2. The Hall–Kier alpha value is -3.75. The molecule has 0 unspecified atom stereocenters. The molecule has 3 N–H and O–H groups in total. The zero-order chi connectivity index (χ0) is 22.9. The molecule has 1 aliphatic rings. The molecule has 0 bridgehead atoms. The molecule has 8 nitrogen and oxygen atoms in total. The second-order valence-electron chi connectivity index (χ2n) is 8.28. The Kier molecular flexibility index (Phi) is 5.53. The normalized spacial score (nSPS) is 14.6. The Labute approximate surface area is 190 Å². The predicted molar refractivity (Wildman–Crippen MR) is 126 cm³/mol. The number of nitrogens with zero attached hydrogens (tertiary/aromatic N) is 3. The van der Waals surface area contributed by atoms with E-state index >= 15 is 0 Å². The summed E-state index contributed by atoms with van der Waals surface area (Å²) in [6.07, 6.45) is 5.08. The fourth-order valence-electron chi connectivity index (χ4n) is 4.43. The standard InChI is InChI=1S/C25H25N5O3/c1-16-2-4-19(24(26)31)22(18-6-7-27-13-18)23(16)30-15-28-21-5-3-17(12-20(21)25(30)32)14-29-8-10-33-11-9-29/h2-7,12-13,15,27H,8-11,14H2,1H3,(H2,26,31). The van der Waals surface area contributed by atoms with Gasteiger partial charge in [0.15, 0.2) is 0 Å². The van der Waals surface area contributed by atoms with E-state index in [-0.39, 0.29) is 5.56 Å². The SMILES string of the molecule is Cc1ccc(C(N)=O)c(-c2cc[nH]c2)c1-n1cnc2ccc(CN3CCOCC3)cc2c1=O. The molecule has 2 aromatic heterocycles. The van der Waals surface area contributed by atoms with Crippen LogP contribution in [-0.2, 0) is 11.3 Å². The Morgan fingerprint density at radius 3 is 2.73 bits per heavy atom. The molecule has 1 aliphatic heterocycles. The summed E-state index contributed by atoms with van der Waals surface area (Å²) in [6, 6.07) is 11.2. The van der Waals surface area contributed by atoms with E-state index in [0.717, 1.165) is 49.5 Å². The lowest BCUT2D eigenvalue weighted by atomic mass is 9.96. The van der Waals surface area contributed by atoms with Gasteiger partial charge in [0.05, 0.1) is 29.8 Å². The number of aryl methyl sites for hydroxylation is 1. The molecule has 168 valence electrons. The number of nitrogens with one attached hydrogen (secondary N) is 1. The molecule has 0 spiro atoms. The van der Waals surface area contributed by atoms with Gasteiger partial charge in [0.2, 0.25) is 5.91 Å². The minimum atomic E-state index is -0.554. The van der Waals surface area contributed by atoms with Crippen LogP contribution in [0.3, 0.4) is 0 Å². The quantitative estimate of drug-likeness (QED) is 0.493. The number of aromatic amines is 1. The molecule has 3 heterocycles. The zero-order valence-corrected chi connectivity index (χ0v) is 18.4. The van der Waals surface area contributed by atoms with Crippen molar-refractivity contribution in [3.8, 4) is 16.8 Å². The lowest BCUT2D eigenvalue weighted by Gasteiger charge is -2.26. The van der Waals surface area contributed by atoms with Crippen LogP contribution in [0.5, 0.6) is 0 Å². The number of fused-ring (bicyclic) bond motifs is 1. The summed E-state index contributed by atoms with van der Waals surface area (Å²) in [4.78, 5) is 35.8. The number of primary amides is 1. The fourth-order valence-corrected chi connectivity index (χ4v) is 4.43. The van der Waals surface area contributed by atoms with Gasteiger partial charge >= 0.3 is 0 Å². The monoisotopic (exact) mass is 443 g/mol. The molecule has 1 amide bonds. The van der Waals surface area contributed by atoms with Crippen LogP contribution in [0.25, 0.3) is 27.7 Å². The Bertz CT molecular complexity index is 1390. The molecule has 33 heavy (non-hydrogen) atoms. The largest absolute Gasteiger partial charge is 0.379 e. The topological polar surface area (TPSA) is 106 Å². The van der Waals surface area contributed by atoms with Gasteiger partial charge in [-0.1, -0.05) is 12.1 Å². The summed E-state index contributed by atoms with van der Waals surface area (Å²) < 4.78 is 6.95. The van der Waals surface area contributed by atoms with E-state index in [1.54, 1.807) is 24.5 Å². The van der Waals surface area contributed by atoms with Crippen molar-refractivity contribution in [2.75, 3.05) is 26.3 Å². The summed E-state index contributed by atoms with van der Waals surface area (Å²) in [5, 5.41) is 0.534.